The molecule has 0 aromatic carbocycles. The molecule has 0 spiro atoms. The Morgan fingerprint density at radius 1 is 1.00 bits per heavy atom. The number of carbonyl (C=O) groups excluding carboxylic acids is 1. The molecule has 2 aliphatic rings. The van der Waals surface area contributed by atoms with Crippen LogP contribution in [0.1, 0.15) is 0 Å². The van der Waals surface area contributed by atoms with Gasteiger partial charge in [0.05, 0.1) is 39.6 Å². The lowest BCUT2D eigenvalue weighted by Crippen LogP contribution is -2.39. The number of ether oxygens (including phenoxy) is 4. The molecular formula is C11H20N2O5. The van der Waals surface area contributed by atoms with Gasteiger partial charge in [-0.15, -0.1) is 0 Å². The molecule has 2 amide bonds. The smallest absolute Gasteiger partial charge is 0.314 e. The zero-order valence-electron chi connectivity index (χ0n) is 10.4. The fourth-order valence-electron chi connectivity index (χ4n) is 1.29. The third kappa shape index (κ3) is 6.75. The summed E-state index contributed by atoms with van der Waals surface area (Å²) < 4.78 is 20.5. The normalized spacial score (nSPS) is 24.7. The molecule has 2 N–H and O–H groups in total. The van der Waals surface area contributed by atoms with Crippen molar-refractivity contribution in [2.45, 2.75) is 12.2 Å². The number of hydrogen-bond donors (Lipinski definition) is 2. The summed E-state index contributed by atoms with van der Waals surface area (Å²) in [5.74, 6) is 0. The van der Waals surface area contributed by atoms with Crippen molar-refractivity contribution in [3.05, 3.63) is 0 Å². The lowest BCUT2D eigenvalue weighted by molar-refractivity contribution is 0.115. The molecule has 2 unspecified atom stereocenters. The van der Waals surface area contributed by atoms with Crippen LogP contribution < -0.4 is 10.6 Å². The van der Waals surface area contributed by atoms with Gasteiger partial charge in [-0.05, 0) is 0 Å². The summed E-state index contributed by atoms with van der Waals surface area (Å²) in [5, 5.41) is 5.39. The number of urea groups is 1. The van der Waals surface area contributed by atoms with E-state index in [-0.39, 0.29) is 18.2 Å². The van der Waals surface area contributed by atoms with E-state index in [4.69, 9.17) is 18.9 Å². The predicted octanol–water partition coefficient (Wildman–Crippen LogP) is -0.884. The lowest BCUT2D eigenvalue weighted by Gasteiger charge is -2.07. The van der Waals surface area contributed by atoms with Crippen LogP contribution in [-0.4, -0.2) is 71.0 Å². The molecule has 0 saturated carbocycles. The van der Waals surface area contributed by atoms with Crippen LogP contribution in [0, 0.1) is 0 Å². The van der Waals surface area contributed by atoms with E-state index in [1.54, 1.807) is 0 Å². The van der Waals surface area contributed by atoms with Crippen molar-refractivity contribution < 1.29 is 23.7 Å². The van der Waals surface area contributed by atoms with E-state index in [2.05, 4.69) is 10.6 Å². The highest BCUT2D eigenvalue weighted by Gasteiger charge is 2.22. The highest BCUT2D eigenvalue weighted by Crippen LogP contribution is 2.08. The van der Waals surface area contributed by atoms with Gasteiger partial charge in [0.2, 0.25) is 0 Å². The van der Waals surface area contributed by atoms with Gasteiger partial charge in [0.15, 0.2) is 0 Å². The summed E-state index contributed by atoms with van der Waals surface area (Å²) in [6, 6.07) is -0.201. The number of carbonyl (C=O) groups is 1. The van der Waals surface area contributed by atoms with Gasteiger partial charge >= 0.3 is 6.03 Å². The highest BCUT2D eigenvalue weighted by atomic mass is 16.6. The quantitative estimate of drug-likeness (QED) is 0.393. The molecule has 104 valence electrons. The van der Waals surface area contributed by atoms with Gasteiger partial charge in [-0.2, -0.15) is 0 Å². The van der Waals surface area contributed by atoms with Crippen LogP contribution in [0.3, 0.4) is 0 Å². The predicted molar refractivity (Wildman–Crippen MR) is 62.5 cm³/mol. The molecule has 0 aliphatic carbocycles. The van der Waals surface area contributed by atoms with Crippen LogP contribution in [0.15, 0.2) is 0 Å². The highest BCUT2D eigenvalue weighted by molar-refractivity contribution is 5.73. The van der Waals surface area contributed by atoms with Crippen molar-refractivity contribution in [2.24, 2.45) is 0 Å². The Morgan fingerprint density at radius 2 is 1.44 bits per heavy atom. The molecule has 7 heteroatoms. The number of amides is 2. The second kappa shape index (κ2) is 7.52. The average molecular weight is 260 g/mol. The molecule has 18 heavy (non-hydrogen) atoms. The van der Waals surface area contributed by atoms with Crippen LogP contribution in [0.5, 0.6) is 0 Å². The Hall–Kier alpha value is -0.890. The maximum Gasteiger partial charge on any atom is 0.314 e. The van der Waals surface area contributed by atoms with E-state index in [0.717, 1.165) is 13.2 Å². The Kier molecular flexibility index (Phi) is 5.66. The molecule has 2 fully saturated rings. The first kappa shape index (κ1) is 13.5. The van der Waals surface area contributed by atoms with Crippen LogP contribution in [0.25, 0.3) is 0 Å². The van der Waals surface area contributed by atoms with Crippen molar-refractivity contribution in [1.82, 2.24) is 10.6 Å². The first-order valence-electron chi connectivity index (χ1n) is 6.25. The minimum Gasteiger partial charge on any atom is -0.377 e. The topological polar surface area (TPSA) is 84.7 Å². The number of nitrogens with one attached hydrogen (secondary N) is 2. The van der Waals surface area contributed by atoms with Crippen molar-refractivity contribution in [3.8, 4) is 0 Å². The van der Waals surface area contributed by atoms with Gasteiger partial charge in [0.25, 0.3) is 0 Å². The van der Waals surface area contributed by atoms with Crippen molar-refractivity contribution in [2.75, 3.05) is 52.7 Å². The second-order valence-corrected chi connectivity index (χ2v) is 4.24. The largest absolute Gasteiger partial charge is 0.377 e. The van der Waals surface area contributed by atoms with Crippen LogP contribution in [-0.2, 0) is 18.9 Å². The summed E-state index contributed by atoms with van der Waals surface area (Å²) in [6.07, 6.45) is 0.540. The number of hydrogen-bond acceptors (Lipinski definition) is 5. The summed E-state index contributed by atoms with van der Waals surface area (Å²) in [5.41, 5.74) is 0. The zero-order chi connectivity index (χ0) is 12.6. The van der Waals surface area contributed by atoms with E-state index < -0.39 is 0 Å². The summed E-state index contributed by atoms with van der Waals surface area (Å²) in [6.45, 7) is 4.80. The standard InChI is InChI=1S/C11H20N2O5/c14-11(12-1-3-15-5-9-7-17-9)13-2-4-16-6-10-8-18-10/h9-10H,1-8H2,(H2,12,13,14). The van der Waals surface area contributed by atoms with Crippen molar-refractivity contribution in [1.29, 1.82) is 0 Å². The number of epoxide rings is 2. The van der Waals surface area contributed by atoms with E-state index in [1.807, 2.05) is 0 Å². The van der Waals surface area contributed by atoms with Gasteiger partial charge in [-0.3, -0.25) is 0 Å². The van der Waals surface area contributed by atoms with Crippen LogP contribution in [0.4, 0.5) is 4.79 Å². The number of rotatable bonds is 10. The summed E-state index contributed by atoms with van der Waals surface area (Å²) in [7, 11) is 0. The van der Waals surface area contributed by atoms with Crippen molar-refractivity contribution in [3.63, 3.8) is 0 Å². The Morgan fingerprint density at radius 3 is 1.83 bits per heavy atom. The van der Waals surface area contributed by atoms with Gasteiger partial charge in [0, 0.05) is 13.1 Å². The van der Waals surface area contributed by atoms with E-state index in [1.165, 1.54) is 0 Å². The van der Waals surface area contributed by atoms with Gasteiger partial charge in [0.1, 0.15) is 12.2 Å². The van der Waals surface area contributed by atoms with E-state index in [9.17, 15) is 4.79 Å². The monoisotopic (exact) mass is 260 g/mol. The molecule has 0 radical (unpaired) electrons. The van der Waals surface area contributed by atoms with Gasteiger partial charge < -0.3 is 29.6 Å². The molecule has 7 nitrogen and oxygen atoms in total. The molecule has 0 aromatic heterocycles. The fourth-order valence-corrected chi connectivity index (χ4v) is 1.29. The average Bonchev–Trinajstić information content (AvgIpc) is 3.23. The van der Waals surface area contributed by atoms with Crippen LogP contribution >= 0.6 is 0 Å². The maximum absolute atomic E-state index is 11.3. The van der Waals surface area contributed by atoms with Crippen LogP contribution in [0.2, 0.25) is 0 Å². The van der Waals surface area contributed by atoms with E-state index in [0.29, 0.717) is 39.5 Å². The zero-order valence-corrected chi connectivity index (χ0v) is 10.4. The minimum absolute atomic E-state index is 0.201. The van der Waals surface area contributed by atoms with Crippen molar-refractivity contribution >= 4 is 6.03 Å². The Bertz CT molecular complexity index is 232. The molecular weight excluding hydrogens is 240 g/mol. The summed E-state index contributed by atoms with van der Waals surface area (Å²) in [4.78, 5) is 11.3. The third-order valence-electron chi connectivity index (χ3n) is 2.48. The molecule has 2 atom stereocenters. The van der Waals surface area contributed by atoms with E-state index >= 15 is 0 Å². The first-order chi connectivity index (χ1) is 8.84. The third-order valence-corrected chi connectivity index (χ3v) is 2.48. The molecule has 2 saturated heterocycles. The fraction of sp³-hybridized carbons (Fsp3) is 0.909. The molecule has 2 heterocycles. The minimum atomic E-state index is -0.201. The molecule has 0 aromatic rings. The molecule has 2 aliphatic heterocycles. The molecule has 2 rings (SSSR count). The van der Waals surface area contributed by atoms with Gasteiger partial charge in [-0.1, -0.05) is 0 Å². The Balaban J connectivity index is 1.30. The summed E-state index contributed by atoms with van der Waals surface area (Å²) >= 11 is 0. The Labute approximate surface area is 106 Å². The second-order valence-electron chi connectivity index (χ2n) is 4.24. The maximum atomic E-state index is 11.3. The first-order valence-corrected chi connectivity index (χ1v) is 6.25. The lowest BCUT2D eigenvalue weighted by atomic mass is 10.5. The molecule has 0 bridgehead atoms. The van der Waals surface area contributed by atoms with Gasteiger partial charge in [-0.25, -0.2) is 4.79 Å². The SMILES string of the molecule is O=C(NCCOCC1CO1)NCCOCC1CO1.